The first-order chi connectivity index (χ1) is 11.4. The largest absolute Gasteiger partial charge is 0.352 e. The lowest BCUT2D eigenvalue weighted by Crippen LogP contribution is -2.46. The summed E-state index contributed by atoms with van der Waals surface area (Å²) in [6.07, 6.45) is 6.85. The van der Waals surface area contributed by atoms with Gasteiger partial charge < -0.3 is 9.84 Å². The van der Waals surface area contributed by atoms with Crippen LogP contribution in [-0.4, -0.2) is 46.1 Å². The van der Waals surface area contributed by atoms with Gasteiger partial charge in [0.25, 0.3) is 0 Å². The van der Waals surface area contributed by atoms with E-state index in [2.05, 4.69) is 41.1 Å². The molecule has 3 heterocycles. The van der Waals surface area contributed by atoms with E-state index in [0.29, 0.717) is 30.8 Å². The van der Waals surface area contributed by atoms with Crippen LogP contribution in [0.4, 0.5) is 0 Å². The lowest BCUT2D eigenvalue weighted by Gasteiger charge is -2.32. The number of aryl methyl sites for hydroxylation is 1. The highest BCUT2D eigenvalue weighted by molar-refractivity contribution is 5.76. The predicted octanol–water partition coefficient (Wildman–Crippen LogP) is 2.43. The summed E-state index contributed by atoms with van der Waals surface area (Å²) in [6, 6.07) is 0.904. The van der Waals surface area contributed by atoms with Crippen LogP contribution in [0, 0.1) is 0 Å². The number of hydrogen-bond acceptors (Lipinski definition) is 5. The number of fused-ring (bicyclic) bond motifs is 1. The van der Waals surface area contributed by atoms with E-state index in [1.54, 1.807) is 0 Å². The van der Waals surface area contributed by atoms with E-state index in [9.17, 15) is 4.79 Å². The molecule has 2 aliphatic heterocycles. The Kier molecular flexibility index (Phi) is 5.23. The Labute approximate surface area is 144 Å². The first-order valence-electron chi connectivity index (χ1n) is 9.30. The fraction of sp³-hybridized carbons (Fsp3) is 0.833. The second-order valence-corrected chi connectivity index (χ2v) is 8.18. The number of nitrogens with zero attached hydrogens (tertiary/aromatic N) is 3. The van der Waals surface area contributed by atoms with Crippen molar-refractivity contribution in [3.8, 4) is 0 Å². The maximum Gasteiger partial charge on any atom is 0.226 e. The molecule has 6 heteroatoms. The van der Waals surface area contributed by atoms with Crippen LogP contribution >= 0.6 is 0 Å². The summed E-state index contributed by atoms with van der Waals surface area (Å²) in [5.74, 6) is 1.51. The van der Waals surface area contributed by atoms with Crippen molar-refractivity contribution in [2.45, 2.75) is 83.2 Å². The summed E-state index contributed by atoms with van der Waals surface area (Å²) in [7, 11) is 0. The van der Waals surface area contributed by atoms with Gasteiger partial charge in [0.05, 0.1) is 0 Å². The third-order valence-corrected chi connectivity index (χ3v) is 5.14. The molecule has 0 saturated carbocycles. The van der Waals surface area contributed by atoms with E-state index < -0.39 is 0 Å². The number of carbonyl (C=O) groups excluding carboxylic acids is 1. The van der Waals surface area contributed by atoms with Gasteiger partial charge in [0.2, 0.25) is 11.8 Å². The summed E-state index contributed by atoms with van der Waals surface area (Å²) in [4.78, 5) is 19.2. The van der Waals surface area contributed by atoms with Crippen molar-refractivity contribution in [3.05, 3.63) is 11.7 Å². The van der Waals surface area contributed by atoms with Gasteiger partial charge in [-0.1, -0.05) is 32.3 Å². The fourth-order valence-electron chi connectivity index (χ4n) is 3.76. The minimum atomic E-state index is -0.104. The van der Waals surface area contributed by atoms with Gasteiger partial charge in [0.15, 0.2) is 5.82 Å². The molecular formula is C18H30N4O2. The lowest BCUT2D eigenvalue weighted by molar-refractivity contribution is -0.122. The Morgan fingerprint density at radius 2 is 2.12 bits per heavy atom. The second kappa shape index (κ2) is 7.21. The molecule has 24 heavy (non-hydrogen) atoms. The van der Waals surface area contributed by atoms with E-state index in [0.717, 1.165) is 25.2 Å². The number of rotatable bonds is 5. The predicted molar refractivity (Wildman–Crippen MR) is 91.7 cm³/mol. The van der Waals surface area contributed by atoms with Crippen LogP contribution in [-0.2, 0) is 16.6 Å². The lowest BCUT2D eigenvalue weighted by atomic mass is 9.96. The number of carbonyl (C=O) groups is 1. The molecule has 1 N–H and O–H groups in total. The van der Waals surface area contributed by atoms with E-state index in [1.165, 1.54) is 25.8 Å². The zero-order valence-corrected chi connectivity index (χ0v) is 15.2. The minimum Gasteiger partial charge on any atom is -0.352 e. The molecule has 0 radical (unpaired) electrons. The fourth-order valence-corrected chi connectivity index (χ4v) is 3.76. The zero-order valence-electron chi connectivity index (χ0n) is 15.2. The molecule has 0 aromatic carbocycles. The molecule has 2 atom stereocenters. The molecule has 0 spiro atoms. The summed E-state index contributed by atoms with van der Waals surface area (Å²) < 4.78 is 5.28. The van der Waals surface area contributed by atoms with Crippen LogP contribution < -0.4 is 5.32 Å². The van der Waals surface area contributed by atoms with Crippen LogP contribution in [0.15, 0.2) is 4.52 Å². The van der Waals surface area contributed by atoms with Crippen LogP contribution in [0.5, 0.6) is 0 Å². The van der Waals surface area contributed by atoms with E-state index in [1.807, 2.05) is 0 Å². The summed E-state index contributed by atoms with van der Waals surface area (Å²) in [6.45, 7) is 8.51. The van der Waals surface area contributed by atoms with Gasteiger partial charge in [-0.25, -0.2) is 0 Å². The van der Waals surface area contributed by atoms with Crippen molar-refractivity contribution in [2.24, 2.45) is 0 Å². The smallest absolute Gasteiger partial charge is 0.226 e. The third kappa shape index (κ3) is 4.15. The highest BCUT2D eigenvalue weighted by atomic mass is 16.5. The first kappa shape index (κ1) is 17.4. The maximum absolute atomic E-state index is 12.2. The zero-order chi connectivity index (χ0) is 17.2. The molecule has 134 valence electrons. The molecule has 2 saturated heterocycles. The first-order valence-corrected chi connectivity index (χ1v) is 9.30. The Bertz CT molecular complexity index is 564. The standard InChI is InChI=1S/C18H30N4O2/c1-18(2,3)17-20-16(24-21-17)9-6-8-15(23)19-13-10-12-22-11-5-4-7-14(13)22/h13-14H,4-12H2,1-3H3,(H,19,23). The Morgan fingerprint density at radius 3 is 2.88 bits per heavy atom. The van der Waals surface area contributed by atoms with E-state index >= 15 is 0 Å². The molecule has 1 aromatic rings. The van der Waals surface area contributed by atoms with Crippen molar-refractivity contribution in [3.63, 3.8) is 0 Å². The van der Waals surface area contributed by atoms with Gasteiger partial charge in [0, 0.05) is 36.9 Å². The monoisotopic (exact) mass is 334 g/mol. The van der Waals surface area contributed by atoms with Crippen LogP contribution in [0.1, 0.15) is 71.0 Å². The molecule has 0 bridgehead atoms. The van der Waals surface area contributed by atoms with Crippen molar-refractivity contribution in [2.75, 3.05) is 13.1 Å². The quantitative estimate of drug-likeness (QED) is 0.895. The molecule has 2 unspecified atom stereocenters. The van der Waals surface area contributed by atoms with Gasteiger partial charge in [-0.05, 0) is 32.2 Å². The summed E-state index contributed by atoms with van der Waals surface area (Å²) >= 11 is 0. The minimum absolute atomic E-state index is 0.104. The third-order valence-electron chi connectivity index (χ3n) is 5.14. The van der Waals surface area contributed by atoms with Gasteiger partial charge in [-0.15, -0.1) is 0 Å². The average molecular weight is 334 g/mol. The van der Waals surface area contributed by atoms with E-state index in [-0.39, 0.29) is 11.3 Å². The molecule has 2 aliphatic rings. The molecule has 6 nitrogen and oxygen atoms in total. The average Bonchev–Trinajstić information content (AvgIpc) is 3.15. The molecule has 3 rings (SSSR count). The molecular weight excluding hydrogens is 304 g/mol. The second-order valence-electron chi connectivity index (χ2n) is 8.18. The number of piperidine rings is 1. The topological polar surface area (TPSA) is 71.3 Å². The van der Waals surface area contributed by atoms with Gasteiger partial charge in [0.1, 0.15) is 0 Å². The van der Waals surface area contributed by atoms with Crippen molar-refractivity contribution in [1.29, 1.82) is 0 Å². The number of aromatic nitrogens is 2. The highest BCUT2D eigenvalue weighted by Crippen LogP contribution is 2.27. The molecule has 1 amide bonds. The van der Waals surface area contributed by atoms with E-state index in [4.69, 9.17) is 4.52 Å². The molecule has 2 fully saturated rings. The Balaban J connectivity index is 1.41. The number of amides is 1. The molecule has 1 aromatic heterocycles. The van der Waals surface area contributed by atoms with Crippen molar-refractivity contribution < 1.29 is 9.32 Å². The maximum atomic E-state index is 12.2. The van der Waals surface area contributed by atoms with Crippen LogP contribution in [0.3, 0.4) is 0 Å². The number of nitrogens with one attached hydrogen (secondary N) is 1. The van der Waals surface area contributed by atoms with Gasteiger partial charge in [-0.2, -0.15) is 4.98 Å². The van der Waals surface area contributed by atoms with Gasteiger partial charge in [-0.3, -0.25) is 9.69 Å². The van der Waals surface area contributed by atoms with Crippen molar-refractivity contribution in [1.82, 2.24) is 20.4 Å². The molecule has 0 aliphatic carbocycles. The normalized spacial score (nSPS) is 24.8. The summed E-state index contributed by atoms with van der Waals surface area (Å²) in [5.41, 5.74) is -0.104. The van der Waals surface area contributed by atoms with Crippen molar-refractivity contribution >= 4 is 5.91 Å². The SMILES string of the molecule is CC(C)(C)c1noc(CCCC(=O)NC2CCN3CCCCC23)n1. The summed E-state index contributed by atoms with van der Waals surface area (Å²) in [5, 5.41) is 7.27. The Morgan fingerprint density at radius 1 is 1.29 bits per heavy atom. The van der Waals surface area contributed by atoms with Crippen LogP contribution in [0.25, 0.3) is 0 Å². The van der Waals surface area contributed by atoms with Crippen LogP contribution in [0.2, 0.25) is 0 Å². The number of hydrogen-bond donors (Lipinski definition) is 1. The highest BCUT2D eigenvalue weighted by Gasteiger charge is 2.36. The Hall–Kier alpha value is -1.43. The van der Waals surface area contributed by atoms with Gasteiger partial charge >= 0.3 is 0 Å².